The zero-order valence-corrected chi connectivity index (χ0v) is 31.6. The number of piperidine rings is 3. The molecule has 1 aliphatic carbocycles. The van der Waals surface area contributed by atoms with Crippen LogP contribution in [0, 0.1) is 5.92 Å². The highest BCUT2D eigenvalue weighted by Crippen LogP contribution is 2.39. The summed E-state index contributed by atoms with van der Waals surface area (Å²) in [5, 5.41) is 16.3. The van der Waals surface area contributed by atoms with Gasteiger partial charge in [-0.15, -0.1) is 0 Å². The van der Waals surface area contributed by atoms with Gasteiger partial charge in [0, 0.05) is 62.1 Å². The molecule has 4 aliphatic rings. The Morgan fingerprint density at radius 1 is 0.948 bits per heavy atom. The zero-order chi connectivity index (χ0) is 40.7. The van der Waals surface area contributed by atoms with Gasteiger partial charge in [0.05, 0.1) is 30.4 Å². The Hall–Kier alpha value is -5.59. The molecule has 3 atom stereocenters. The van der Waals surface area contributed by atoms with E-state index in [-0.39, 0.29) is 59.8 Å². The first-order valence-electron chi connectivity index (χ1n) is 19.7. The van der Waals surface area contributed by atoms with Gasteiger partial charge in [0.25, 0.3) is 5.91 Å². The van der Waals surface area contributed by atoms with Crippen molar-refractivity contribution in [2.24, 2.45) is 11.7 Å². The van der Waals surface area contributed by atoms with Gasteiger partial charge in [0.15, 0.2) is 11.3 Å². The number of amides is 4. The third-order valence-electron chi connectivity index (χ3n) is 11.8. The maximum Gasteiger partial charge on any atom is 0.437 e. The van der Waals surface area contributed by atoms with E-state index in [9.17, 15) is 36.7 Å². The van der Waals surface area contributed by atoms with E-state index in [0.29, 0.717) is 64.0 Å². The molecule has 3 aromatic heterocycles. The van der Waals surface area contributed by atoms with Crippen LogP contribution >= 0.6 is 0 Å². The van der Waals surface area contributed by atoms with E-state index in [1.807, 2.05) is 29.2 Å². The van der Waals surface area contributed by atoms with E-state index >= 15 is 0 Å². The molecule has 3 aliphatic heterocycles. The van der Waals surface area contributed by atoms with Crippen molar-refractivity contribution in [3.63, 3.8) is 0 Å². The average molecular weight is 808 g/mol. The molecule has 4 amide bonds. The van der Waals surface area contributed by atoms with Gasteiger partial charge in [-0.1, -0.05) is 12.1 Å². The van der Waals surface area contributed by atoms with Crippen molar-refractivity contribution in [1.29, 1.82) is 0 Å². The van der Waals surface area contributed by atoms with Crippen LogP contribution in [0.2, 0.25) is 0 Å². The van der Waals surface area contributed by atoms with Crippen LogP contribution in [0.15, 0.2) is 48.9 Å². The number of hydrogen-bond acceptors (Lipinski definition) is 10. The lowest BCUT2D eigenvalue weighted by Crippen LogP contribution is -2.48. The first-order valence-corrected chi connectivity index (χ1v) is 19.7. The monoisotopic (exact) mass is 807 g/mol. The fourth-order valence-corrected chi connectivity index (χ4v) is 8.67. The highest BCUT2D eigenvalue weighted by molar-refractivity contribution is 6.08. The molecule has 3 saturated heterocycles. The standard InChI is InChI=1S/C39H45F4N11O4/c40-24-17-25(44)20-52(19-24)32-13-16-53-35(48-32)30(18-45-53)37(57)47-31-21-54(50-34(31)39(41,42)43)28-7-3-23(4-8-28)38(58)51-14-11-27(12-15-51)46-26-5-1-22(2-6-26)29-9-10-33(55)49-36(29)56/h1-2,5-6,13,16,18,21,23-25,27-29,46H,3-4,7-12,14-15,17,19-20,44H2,(H,47,57)(H,49,55,56)/t23?,24-,25-,28?,29?/m1/s1. The summed E-state index contributed by atoms with van der Waals surface area (Å²) >= 11 is 0. The molecule has 4 fully saturated rings. The number of carbonyl (C=O) groups excluding carboxylic acids is 4. The highest BCUT2D eigenvalue weighted by atomic mass is 19.4. The minimum atomic E-state index is -4.86. The van der Waals surface area contributed by atoms with E-state index in [4.69, 9.17) is 5.73 Å². The van der Waals surface area contributed by atoms with Crippen LogP contribution in [0.5, 0.6) is 0 Å². The zero-order valence-electron chi connectivity index (χ0n) is 31.6. The Bertz CT molecular complexity index is 2170. The van der Waals surface area contributed by atoms with Crippen LogP contribution in [0.25, 0.3) is 5.65 Å². The molecular weight excluding hydrogens is 762 g/mol. The molecule has 5 N–H and O–H groups in total. The van der Waals surface area contributed by atoms with Gasteiger partial charge < -0.3 is 26.2 Å². The number of hydrogen-bond donors (Lipinski definition) is 4. The molecular formula is C39H45F4N11O4. The number of alkyl halides is 4. The highest BCUT2D eigenvalue weighted by Gasteiger charge is 2.40. The predicted molar refractivity (Wildman–Crippen MR) is 204 cm³/mol. The Morgan fingerprint density at radius 3 is 2.38 bits per heavy atom. The molecule has 0 bridgehead atoms. The van der Waals surface area contributed by atoms with Crippen molar-refractivity contribution in [3.05, 3.63) is 65.7 Å². The van der Waals surface area contributed by atoms with E-state index in [1.165, 1.54) is 27.8 Å². The summed E-state index contributed by atoms with van der Waals surface area (Å²) in [6.07, 6.45) is 2.32. The van der Waals surface area contributed by atoms with Crippen LogP contribution in [0.3, 0.4) is 0 Å². The summed E-state index contributed by atoms with van der Waals surface area (Å²) in [5.41, 5.74) is 6.04. The number of nitrogens with two attached hydrogens (primary N) is 1. The lowest BCUT2D eigenvalue weighted by Gasteiger charge is -2.37. The summed E-state index contributed by atoms with van der Waals surface area (Å²) in [6.45, 7) is 1.59. The molecule has 0 spiro atoms. The quantitative estimate of drug-likeness (QED) is 0.147. The largest absolute Gasteiger partial charge is 0.437 e. The van der Waals surface area contributed by atoms with Crippen LogP contribution in [0.1, 0.15) is 91.4 Å². The van der Waals surface area contributed by atoms with Crippen molar-refractivity contribution >= 4 is 46.5 Å². The molecule has 308 valence electrons. The summed E-state index contributed by atoms with van der Waals surface area (Å²) in [7, 11) is 0. The molecule has 58 heavy (non-hydrogen) atoms. The molecule has 1 saturated carbocycles. The Morgan fingerprint density at radius 2 is 1.69 bits per heavy atom. The first-order chi connectivity index (χ1) is 27.8. The number of nitrogens with zero attached hydrogens (tertiary/aromatic N) is 7. The van der Waals surface area contributed by atoms with E-state index in [1.54, 1.807) is 11.0 Å². The molecule has 15 nitrogen and oxygen atoms in total. The van der Waals surface area contributed by atoms with Crippen molar-refractivity contribution in [3.8, 4) is 0 Å². The number of carbonyl (C=O) groups is 4. The Labute approximate surface area is 330 Å². The lowest BCUT2D eigenvalue weighted by molar-refractivity contribution is -0.141. The van der Waals surface area contributed by atoms with E-state index < -0.39 is 41.7 Å². The topological polar surface area (TPSA) is 185 Å². The second kappa shape index (κ2) is 16.0. The lowest BCUT2D eigenvalue weighted by atomic mass is 9.84. The molecule has 8 rings (SSSR count). The number of aromatic nitrogens is 5. The van der Waals surface area contributed by atoms with Gasteiger partial charge in [0.1, 0.15) is 17.6 Å². The number of imide groups is 1. The number of likely N-dealkylation sites (tertiary alicyclic amines) is 1. The molecule has 19 heteroatoms. The van der Waals surface area contributed by atoms with Crippen molar-refractivity contribution < 1.29 is 36.7 Å². The molecule has 0 radical (unpaired) electrons. The van der Waals surface area contributed by atoms with Gasteiger partial charge in [-0.3, -0.25) is 29.2 Å². The number of anilines is 3. The van der Waals surface area contributed by atoms with Crippen LogP contribution in [0.4, 0.5) is 34.8 Å². The minimum Gasteiger partial charge on any atom is -0.382 e. The maximum absolute atomic E-state index is 14.3. The molecule has 1 aromatic carbocycles. The summed E-state index contributed by atoms with van der Waals surface area (Å²) in [6, 6.07) is 8.61. The number of halogens is 4. The number of benzene rings is 1. The van der Waals surface area contributed by atoms with Gasteiger partial charge in [0.2, 0.25) is 17.7 Å². The van der Waals surface area contributed by atoms with Gasteiger partial charge in [-0.05, 0) is 75.1 Å². The van der Waals surface area contributed by atoms with Gasteiger partial charge >= 0.3 is 6.18 Å². The van der Waals surface area contributed by atoms with Crippen LogP contribution in [-0.4, -0.2) is 97.3 Å². The number of nitrogens with one attached hydrogen (secondary N) is 3. The second-order valence-electron chi connectivity index (χ2n) is 15.8. The van der Waals surface area contributed by atoms with E-state index in [2.05, 4.69) is 31.1 Å². The van der Waals surface area contributed by atoms with Crippen molar-refractivity contribution in [2.75, 3.05) is 41.7 Å². The third kappa shape index (κ3) is 8.35. The SMILES string of the molecule is N[C@@H]1C[C@@H](F)CN(c2ccn3ncc(C(=O)Nc4cn(C5CCC(C(=O)N6CCC(Nc7ccc(C8CCC(=O)NC8=O)cc7)CC6)CC5)nc4C(F)(F)F)c3n2)C1. The smallest absolute Gasteiger partial charge is 0.382 e. The molecule has 4 aromatic rings. The van der Waals surface area contributed by atoms with E-state index in [0.717, 1.165) is 24.1 Å². The summed E-state index contributed by atoms with van der Waals surface area (Å²) in [4.78, 5) is 58.7. The summed E-state index contributed by atoms with van der Waals surface area (Å²) in [5.74, 6) is -1.56. The average Bonchev–Trinajstić information content (AvgIpc) is 3.83. The fraction of sp³-hybridized carbons (Fsp3) is 0.513. The summed E-state index contributed by atoms with van der Waals surface area (Å²) < 4.78 is 59.6. The molecule has 6 heterocycles. The second-order valence-corrected chi connectivity index (χ2v) is 15.8. The Balaban J connectivity index is 0.852. The maximum atomic E-state index is 14.3. The first kappa shape index (κ1) is 39.2. The van der Waals surface area contributed by atoms with Crippen LogP contribution in [-0.2, 0) is 20.6 Å². The van der Waals surface area contributed by atoms with Gasteiger partial charge in [-0.25, -0.2) is 13.9 Å². The number of fused-ring (bicyclic) bond motifs is 1. The normalized spacial score (nSPS) is 24.8. The van der Waals surface area contributed by atoms with Crippen molar-refractivity contribution in [2.45, 2.75) is 94.2 Å². The van der Waals surface area contributed by atoms with Crippen molar-refractivity contribution in [1.82, 2.24) is 34.6 Å². The third-order valence-corrected chi connectivity index (χ3v) is 11.8. The number of rotatable bonds is 8. The van der Waals surface area contributed by atoms with Crippen LogP contribution < -0.4 is 26.6 Å². The van der Waals surface area contributed by atoms with Gasteiger partial charge in [-0.2, -0.15) is 23.4 Å². The predicted octanol–water partition coefficient (Wildman–Crippen LogP) is 4.43. The minimum absolute atomic E-state index is 0.0488. The molecule has 1 unspecified atom stereocenters. The Kier molecular flexibility index (Phi) is 10.8. The fourth-order valence-electron chi connectivity index (χ4n) is 8.67.